The summed E-state index contributed by atoms with van der Waals surface area (Å²) in [7, 11) is 0. The number of ether oxygens (including phenoxy) is 1. The monoisotopic (exact) mass is 464 g/mol. The first-order valence-electron chi connectivity index (χ1n) is 11.7. The summed E-state index contributed by atoms with van der Waals surface area (Å²) >= 11 is 0. The van der Waals surface area contributed by atoms with Crippen molar-refractivity contribution in [3.05, 3.63) is 53.1 Å². The smallest absolute Gasteiger partial charge is 0.407 e. The first-order chi connectivity index (χ1) is 16.4. The minimum atomic E-state index is -0.541. The molecule has 1 aliphatic heterocycles. The number of hydrogen-bond donors (Lipinski definition) is 3. The number of imidazole rings is 1. The highest BCUT2D eigenvalue weighted by atomic mass is 16.5. The Morgan fingerprint density at radius 1 is 1.24 bits per heavy atom. The number of nitrogens with two attached hydrogens (primary N) is 1. The molecule has 3 aromatic rings. The van der Waals surface area contributed by atoms with E-state index in [1.54, 1.807) is 19.1 Å². The molecule has 1 fully saturated rings. The van der Waals surface area contributed by atoms with Crippen molar-refractivity contribution in [2.75, 3.05) is 25.4 Å². The van der Waals surface area contributed by atoms with Crippen molar-refractivity contribution >= 4 is 28.7 Å². The number of carbonyl (C=O) groups is 2. The van der Waals surface area contributed by atoms with Crippen molar-refractivity contribution in [2.24, 2.45) is 0 Å². The zero-order valence-corrected chi connectivity index (χ0v) is 19.9. The maximum Gasteiger partial charge on any atom is 0.407 e. The molecule has 1 saturated heterocycles. The highest BCUT2D eigenvalue weighted by molar-refractivity contribution is 5.81. The number of aryl methyl sites for hydroxylation is 2. The van der Waals surface area contributed by atoms with E-state index in [-0.39, 0.29) is 18.9 Å². The second-order valence-corrected chi connectivity index (χ2v) is 8.79. The number of nitrogen functional groups attached to an aromatic ring is 1. The summed E-state index contributed by atoms with van der Waals surface area (Å²) in [4.78, 5) is 39.7. The number of piperidine rings is 1. The average molecular weight is 465 g/mol. The fraction of sp³-hybridized carbons (Fsp3) is 0.440. The number of fused-ring (bicyclic) bond motifs is 1. The first-order valence-corrected chi connectivity index (χ1v) is 11.7. The van der Waals surface area contributed by atoms with E-state index in [2.05, 4.69) is 20.3 Å². The van der Waals surface area contributed by atoms with Gasteiger partial charge in [-0.2, -0.15) is 0 Å². The number of benzene rings is 1. The van der Waals surface area contributed by atoms with Crippen molar-refractivity contribution in [3.63, 3.8) is 0 Å². The number of pyridine rings is 1. The highest BCUT2D eigenvalue weighted by Crippen LogP contribution is 2.33. The van der Waals surface area contributed by atoms with E-state index in [9.17, 15) is 9.59 Å². The SMILES string of the molecule is CCOC(=O)NC(CC(=O)N1CCC(c2cnc(C)c3[nH]c(C)nc23)CC1)c1ccc(N)cc1. The summed E-state index contributed by atoms with van der Waals surface area (Å²) in [6.07, 6.45) is 3.23. The van der Waals surface area contributed by atoms with Crippen LogP contribution in [0.15, 0.2) is 30.5 Å². The van der Waals surface area contributed by atoms with Gasteiger partial charge in [0.05, 0.1) is 35.8 Å². The van der Waals surface area contributed by atoms with Gasteiger partial charge in [-0.1, -0.05) is 12.1 Å². The molecule has 3 heterocycles. The van der Waals surface area contributed by atoms with Crippen LogP contribution < -0.4 is 11.1 Å². The van der Waals surface area contributed by atoms with Crippen molar-refractivity contribution in [3.8, 4) is 0 Å². The topological polar surface area (TPSA) is 126 Å². The normalized spacial score (nSPS) is 15.3. The van der Waals surface area contributed by atoms with Crippen molar-refractivity contribution in [2.45, 2.75) is 52.0 Å². The molecule has 0 aliphatic carbocycles. The molecule has 1 atom stereocenters. The Morgan fingerprint density at radius 3 is 2.62 bits per heavy atom. The van der Waals surface area contributed by atoms with E-state index >= 15 is 0 Å². The Labute approximate surface area is 199 Å². The molecule has 0 spiro atoms. The predicted octanol–water partition coefficient (Wildman–Crippen LogP) is 3.74. The minimum Gasteiger partial charge on any atom is -0.450 e. The second-order valence-electron chi connectivity index (χ2n) is 8.79. The van der Waals surface area contributed by atoms with Crippen molar-refractivity contribution in [1.29, 1.82) is 0 Å². The highest BCUT2D eigenvalue weighted by Gasteiger charge is 2.28. The van der Waals surface area contributed by atoms with Gasteiger partial charge in [0.15, 0.2) is 0 Å². The summed E-state index contributed by atoms with van der Waals surface area (Å²) in [6.45, 7) is 7.23. The molecule has 4 rings (SSSR count). The number of nitrogens with zero attached hydrogens (tertiary/aromatic N) is 3. The number of hydrogen-bond acceptors (Lipinski definition) is 6. The number of anilines is 1. The lowest BCUT2D eigenvalue weighted by atomic mass is 9.89. The Bertz CT molecular complexity index is 1170. The summed E-state index contributed by atoms with van der Waals surface area (Å²) in [6, 6.07) is 6.69. The fourth-order valence-electron chi connectivity index (χ4n) is 4.59. The van der Waals surface area contributed by atoms with E-state index in [0.29, 0.717) is 24.7 Å². The number of likely N-dealkylation sites (tertiary alicyclic amines) is 1. The van der Waals surface area contributed by atoms with Crippen LogP contribution in [0.4, 0.5) is 10.5 Å². The van der Waals surface area contributed by atoms with E-state index in [0.717, 1.165) is 46.5 Å². The minimum absolute atomic E-state index is 0.000125. The zero-order valence-electron chi connectivity index (χ0n) is 19.9. The summed E-state index contributed by atoms with van der Waals surface area (Å²) < 4.78 is 5.04. The van der Waals surface area contributed by atoms with Gasteiger partial charge in [-0.15, -0.1) is 0 Å². The molecule has 1 aliphatic rings. The third-order valence-electron chi connectivity index (χ3n) is 6.43. The molecule has 0 bridgehead atoms. The van der Waals surface area contributed by atoms with Crippen LogP contribution in [0.25, 0.3) is 11.0 Å². The summed E-state index contributed by atoms with van der Waals surface area (Å²) in [5.74, 6) is 1.18. The fourth-order valence-corrected chi connectivity index (χ4v) is 4.59. The van der Waals surface area contributed by atoms with Gasteiger partial charge >= 0.3 is 6.09 Å². The number of H-pyrrole nitrogens is 1. The van der Waals surface area contributed by atoms with Crippen LogP contribution in [-0.4, -0.2) is 51.5 Å². The summed E-state index contributed by atoms with van der Waals surface area (Å²) in [5, 5.41) is 2.82. The van der Waals surface area contributed by atoms with Crippen LogP contribution in [0.3, 0.4) is 0 Å². The standard InChI is InChI=1S/C25H32N6O3/c1-4-34-25(33)30-21(18-5-7-19(26)8-6-18)13-22(32)31-11-9-17(10-12-31)20-14-27-15(2)23-24(20)29-16(3)28-23/h5-8,14,17,21H,4,9-13,26H2,1-3H3,(H,28,29)(H,30,33). The summed E-state index contributed by atoms with van der Waals surface area (Å²) in [5.41, 5.74) is 11.3. The third-order valence-corrected chi connectivity index (χ3v) is 6.43. The number of amides is 2. The quantitative estimate of drug-likeness (QED) is 0.477. The van der Waals surface area contributed by atoms with Crippen LogP contribution in [0.5, 0.6) is 0 Å². The van der Waals surface area contributed by atoms with Gasteiger partial charge in [0.25, 0.3) is 0 Å². The number of carbonyl (C=O) groups excluding carboxylic acids is 2. The van der Waals surface area contributed by atoms with Gasteiger partial charge in [0.2, 0.25) is 5.91 Å². The van der Waals surface area contributed by atoms with E-state index in [1.165, 1.54) is 0 Å². The van der Waals surface area contributed by atoms with Gasteiger partial charge in [-0.05, 0) is 57.2 Å². The largest absolute Gasteiger partial charge is 0.450 e. The number of alkyl carbamates (subject to hydrolysis) is 1. The molecule has 180 valence electrons. The molecule has 1 unspecified atom stereocenters. The Morgan fingerprint density at radius 2 is 1.94 bits per heavy atom. The molecule has 0 radical (unpaired) electrons. The van der Waals surface area contributed by atoms with Crippen LogP contribution >= 0.6 is 0 Å². The first kappa shape index (κ1) is 23.5. The zero-order chi connectivity index (χ0) is 24.2. The van der Waals surface area contributed by atoms with Gasteiger partial charge in [0, 0.05) is 30.5 Å². The number of rotatable bonds is 6. The van der Waals surface area contributed by atoms with E-state index in [1.807, 2.05) is 37.1 Å². The molecule has 2 aromatic heterocycles. The molecule has 4 N–H and O–H groups in total. The molecular weight excluding hydrogens is 432 g/mol. The molecule has 9 nitrogen and oxygen atoms in total. The van der Waals surface area contributed by atoms with Crippen LogP contribution in [0, 0.1) is 13.8 Å². The lowest BCUT2D eigenvalue weighted by Gasteiger charge is -2.33. The van der Waals surface area contributed by atoms with E-state index in [4.69, 9.17) is 10.5 Å². The van der Waals surface area contributed by atoms with Gasteiger partial charge < -0.3 is 25.7 Å². The maximum atomic E-state index is 13.2. The number of aromatic amines is 1. The Hall–Kier alpha value is -3.62. The van der Waals surface area contributed by atoms with Crippen LogP contribution in [-0.2, 0) is 9.53 Å². The lowest BCUT2D eigenvalue weighted by molar-refractivity contribution is -0.132. The van der Waals surface area contributed by atoms with Gasteiger partial charge in [-0.3, -0.25) is 9.78 Å². The Kier molecular flexibility index (Phi) is 7.00. The average Bonchev–Trinajstić information content (AvgIpc) is 3.22. The maximum absolute atomic E-state index is 13.2. The number of aromatic nitrogens is 3. The Balaban J connectivity index is 1.43. The second kappa shape index (κ2) is 10.1. The predicted molar refractivity (Wildman–Crippen MR) is 130 cm³/mol. The van der Waals surface area contributed by atoms with Crippen LogP contribution in [0.1, 0.15) is 60.8 Å². The molecule has 9 heteroatoms. The van der Waals surface area contributed by atoms with Crippen molar-refractivity contribution < 1.29 is 14.3 Å². The third kappa shape index (κ3) is 5.13. The molecule has 2 amide bonds. The van der Waals surface area contributed by atoms with Gasteiger partial charge in [-0.25, -0.2) is 9.78 Å². The van der Waals surface area contributed by atoms with E-state index < -0.39 is 12.1 Å². The molecule has 34 heavy (non-hydrogen) atoms. The van der Waals surface area contributed by atoms with Gasteiger partial charge in [0.1, 0.15) is 5.82 Å². The molecular formula is C25H32N6O3. The van der Waals surface area contributed by atoms with Crippen LogP contribution in [0.2, 0.25) is 0 Å². The lowest BCUT2D eigenvalue weighted by Crippen LogP contribution is -2.40. The number of nitrogens with one attached hydrogen (secondary N) is 2. The molecule has 0 saturated carbocycles. The van der Waals surface area contributed by atoms with Crippen molar-refractivity contribution in [1.82, 2.24) is 25.2 Å². The molecule has 1 aromatic carbocycles.